The van der Waals surface area contributed by atoms with Gasteiger partial charge >= 0.3 is 0 Å². The molecule has 0 radical (unpaired) electrons. The van der Waals surface area contributed by atoms with Gasteiger partial charge in [-0.2, -0.15) is 0 Å². The van der Waals surface area contributed by atoms with E-state index < -0.39 is 5.75 Å². The molecule has 0 spiro atoms. The van der Waals surface area contributed by atoms with Gasteiger partial charge in [-0.15, -0.1) is 0 Å². The highest BCUT2D eigenvalue weighted by atomic mass is 35.5. The molecule has 0 fully saturated rings. The third-order valence-corrected chi connectivity index (χ3v) is 2.80. The predicted molar refractivity (Wildman–Crippen MR) is 45.9 cm³/mol. The zero-order chi connectivity index (χ0) is 8.59. The molecule has 0 saturated carbocycles. The zero-order valence-electron chi connectivity index (χ0n) is 5.00. The Morgan fingerprint density at radius 1 is 0.909 bits per heavy atom. The van der Waals surface area contributed by atoms with E-state index in [4.69, 9.17) is 46.4 Å². The van der Waals surface area contributed by atoms with Crippen LogP contribution in [0.25, 0.3) is 0 Å². The van der Waals surface area contributed by atoms with Gasteiger partial charge in [-0.3, -0.25) is 0 Å². The minimum absolute atomic E-state index is 0.00540. The lowest BCUT2D eigenvalue weighted by atomic mass is 10.3. The second kappa shape index (κ2) is 3.28. The first-order chi connectivity index (χ1) is 5.04. The Hall–Kier alpha value is 0.180. The zero-order valence-corrected chi connectivity index (χ0v) is 8.02. The molecule has 0 unspecified atom stereocenters. The predicted octanol–water partition coefficient (Wildman–Crippen LogP) is 3.37. The van der Waals surface area contributed by atoms with Crippen molar-refractivity contribution in [3.05, 3.63) is 26.2 Å². The molecule has 5 heteroatoms. The third kappa shape index (κ3) is 1.67. The Bertz CT molecular complexity index is 271. The normalized spacial score (nSPS) is 10.2. The van der Waals surface area contributed by atoms with Gasteiger partial charge in [0.1, 0.15) is 0 Å². The summed E-state index contributed by atoms with van der Waals surface area (Å²) in [5.41, 5.74) is 0. The highest BCUT2D eigenvalue weighted by Crippen LogP contribution is 2.39. The quantitative estimate of drug-likeness (QED) is 0.495. The summed E-state index contributed by atoms with van der Waals surface area (Å²) in [7, 11) is 0. The van der Waals surface area contributed by atoms with Crippen molar-refractivity contribution in [3.8, 4) is 5.75 Å². The monoisotopic (exact) mass is 229 g/mol. The van der Waals surface area contributed by atoms with Crippen LogP contribution in [-0.4, -0.2) is 0 Å². The molecule has 0 aromatic heterocycles. The van der Waals surface area contributed by atoms with Crippen molar-refractivity contribution in [2.75, 3.05) is 0 Å². The van der Waals surface area contributed by atoms with Crippen molar-refractivity contribution >= 4 is 46.4 Å². The van der Waals surface area contributed by atoms with E-state index in [2.05, 4.69) is 0 Å². The Balaban J connectivity index is 3.46. The van der Waals surface area contributed by atoms with E-state index in [1.54, 1.807) is 0 Å². The van der Waals surface area contributed by atoms with Crippen LogP contribution in [0.3, 0.4) is 0 Å². The average Bonchev–Trinajstić information content (AvgIpc) is 1.97. The summed E-state index contributed by atoms with van der Waals surface area (Å²) in [6.45, 7) is 0. The molecule has 0 aliphatic heterocycles. The number of hydrogen-bond acceptors (Lipinski definition) is 1. The molecular formula is C6HCl4O-. The van der Waals surface area contributed by atoms with Gasteiger partial charge in [-0.1, -0.05) is 52.2 Å². The Morgan fingerprint density at radius 3 is 2.00 bits per heavy atom. The first-order valence-corrected chi connectivity index (χ1v) is 4.05. The smallest absolute Gasteiger partial charge is 0.0793 e. The Morgan fingerprint density at radius 2 is 1.45 bits per heavy atom. The lowest BCUT2D eigenvalue weighted by Gasteiger charge is -2.11. The SMILES string of the molecule is [O-]c1cc(Cl)c(Cl)c(Cl)c1Cl. The molecule has 1 aromatic carbocycles. The van der Waals surface area contributed by atoms with Crippen molar-refractivity contribution in [2.45, 2.75) is 0 Å². The average molecular weight is 231 g/mol. The van der Waals surface area contributed by atoms with Gasteiger partial charge in [0.05, 0.1) is 20.1 Å². The topological polar surface area (TPSA) is 23.1 Å². The van der Waals surface area contributed by atoms with Gasteiger partial charge in [0.2, 0.25) is 0 Å². The summed E-state index contributed by atoms with van der Waals surface area (Å²) in [6.07, 6.45) is 0. The van der Waals surface area contributed by atoms with Crippen LogP contribution >= 0.6 is 46.4 Å². The molecule has 0 bridgehead atoms. The van der Waals surface area contributed by atoms with E-state index in [-0.39, 0.29) is 20.1 Å². The van der Waals surface area contributed by atoms with E-state index in [1.165, 1.54) is 0 Å². The fourth-order valence-corrected chi connectivity index (χ4v) is 1.33. The molecule has 0 atom stereocenters. The van der Waals surface area contributed by atoms with Gasteiger partial charge in [-0.25, -0.2) is 0 Å². The van der Waals surface area contributed by atoms with Crippen LogP contribution in [0.4, 0.5) is 0 Å². The van der Waals surface area contributed by atoms with E-state index >= 15 is 0 Å². The fraction of sp³-hybridized carbons (Fsp3) is 0. The van der Waals surface area contributed by atoms with Crippen LogP contribution < -0.4 is 5.11 Å². The summed E-state index contributed by atoms with van der Waals surface area (Å²) < 4.78 is 0. The molecule has 0 heterocycles. The molecule has 0 aliphatic rings. The van der Waals surface area contributed by atoms with Crippen molar-refractivity contribution in [3.63, 3.8) is 0 Å². The van der Waals surface area contributed by atoms with Crippen LogP contribution in [0.5, 0.6) is 5.75 Å². The largest absolute Gasteiger partial charge is 0.871 e. The highest BCUT2D eigenvalue weighted by molar-refractivity contribution is 6.52. The molecule has 1 rings (SSSR count). The summed E-state index contributed by atoms with van der Waals surface area (Å²) in [6, 6.07) is 1.12. The molecular weight excluding hydrogens is 230 g/mol. The van der Waals surface area contributed by atoms with Crippen LogP contribution in [0.2, 0.25) is 20.1 Å². The lowest BCUT2D eigenvalue weighted by molar-refractivity contribution is -0.268. The molecule has 0 aliphatic carbocycles. The molecule has 11 heavy (non-hydrogen) atoms. The first kappa shape index (κ1) is 9.27. The van der Waals surface area contributed by atoms with E-state index in [0.717, 1.165) is 6.07 Å². The van der Waals surface area contributed by atoms with Gasteiger partial charge in [-0.05, 0) is 6.07 Å². The lowest BCUT2D eigenvalue weighted by Crippen LogP contribution is -1.91. The highest BCUT2D eigenvalue weighted by Gasteiger charge is 2.07. The summed E-state index contributed by atoms with van der Waals surface area (Å²) in [5, 5.41) is 11.0. The molecule has 60 valence electrons. The maximum atomic E-state index is 10.9. The summed E-state index contributed by atoms with van der Waals surface area (Å²) in [4.78, 5) is 0. The number of rotatable bonds is 0. The van der Waals surface area contributed by atoms with Crippen LogP contribution in [0.15, 0.2) is 6.07 Å². The minimum Gasteiger partial charge on any atom is -0.871 e. The van der Waals surface area contributed by atoms with Gasteiger partial charge in [0, 0.05) is 0 Å². The molecule has 0 N–H and O–H groups in total. The third-order valence-electron chi connectivity index (χ3n) is 1.07. The molecule has 1 nitrogen and oxygen atoms in total. The molecule has 0 saturated heterocycles. The fourth-order valence-electron chi connectivity index (χ4n) is 0.551. The van der Waals surface area contributed by atoms with Crippen molar-refractivity contribution in [2.24, 2.45) is 0 Å². The number of halogens is 4. The van der Waals surface area contributed by atoms with E-state index in [0.29, 0.717) is 0 Å². The van der Waals surface area contributed by atoms with Gasteiger partial charge in [0.25, 0.3) is 0 Å². The first-order valence-electron chi connectivity index (χ1n) is 2.54. The maximum absolute atomic E-state index is 10.9. The minimum atomic E-state index is -0.425. The Labute approximate surface area is 83.4 Å². The Kier molecular flexibility index (Phi) is 2.76. The van der Waals surface area contributed by atoms with Crippen LogP contribution in [0.1, 0.15) is 0 Å². The van der Waals surface area contributed by atoms with Crippen LogP contribution in [-0.2, 0) is 0 Å². The molecule has 1 aromatic rings. The van der Waals surface area contributed by atoms with E-state index in [1.807, 2.05) is 0 Å². The standard InChI is InChI=1S/C6H2Cl4O/c7-2-1-3(11)5(9)6(10)4(2)8/h1,11H/p-1. The summed E-state index contributed by atoms with van der Waals surface area (Å²) >= 11 is 22.1. The molecule has 0 amide bonds. The summed E-state index contributed by atoms with van der Waals surface area (Å²) in [5.74, 6) is -0.425. The van der Waals surface area contributed by atoms with Gasteiger partial charge in [0.15, 0.2) is 0 Å². The number of benzene rings is 1. The van der Waals surface area contributed by atoms with E-state index in [9.17, 15) is 5.11 Å². The van der Waals surface area contributed by atoms with Crippen molar-refractivity contribution in [1.82, 2.24) is 0 Å². The van der Waals surface area contributed by atoms with Crippen molar-refractivity contribution < 1.29 is 5.11 Å². The van der Waals surface area contributed by atoms with Crippen LogP contribution in [0, 0.1) is 0 Å². The second-order valence-corrected chi connectivity index (χ2v) is 3.34. The number of hydrogen-bond donors (Lipinski definition) is 0. The maximum Gasteiger partial charge on any atom is 0.0793 e. The second-order valence-electron chi connectivity index (χ2n) is 1.80. The van der Waals surface area contributed by atoms with Crippen molar-refractivity contribution in [1.29, 1.82) is 0 Å². The van der Waals surface area contributed by atoms with Gasteiger partial charge < -0.3 is 5.11 Å².